The van der Waals surface area contributed by atoms with Gasteiger partial charge in [0, 0.05) is 511 Å². The zero-order valence-corrected chi connectivity index (χ0v) is 81.3. The van der Waals surface area contributed by atoms with Gasteiger partial charge in [-0.05, 0) is 107 Å². The molecule has 0 saturated carbocycles. The van der Waals surface area contributed by atoms with E-state index in [1.165, 1.54) is 19.7 Å². The Labute approximate surface area is 636 Å². The lowest BCUT2D eigenvalue weighted by Crippen LogP contribution is -1.96. The number of rotatable bonds is 63. The largest absolute Gasteiger partial charge is 0.301 e. The van der Waals surface area contributed by atoms with Crippen molar-refractivity contribution >= 4 is 630 Å². The first-order valence-electron chi connectivity index (χ1n) is 12.2. The molecular formula is C3H8OS64. The van der Waals surface area contributed by atoms with E-state index in [4.69, 9.17) is 26.6 Å². The van der Waals surface area contributed by atoms with Crippen LogP contribution in [-0.4, -0.2) is 6.61 Å². The molecule has 0 amide bonds. The highest BCUT2D eigenvalue weighted by molar-refractivity contribution is 9.64. The third kappa shape index (κ3) is 84.2. The summed E-state index contributed by atoms with van der Waals surface area (Å²) in [6, 6.07) is 0. The molecular weight excluding hydrogens is 2100 g/mol. The number of hydrogen-bond donors (Lipinski definition) is 1. The molecule has 0 saturated heterocycles. The molecule has 0 radical (unpaired) electrons. The first-order valence-corrected chi connectivity index (χ1v) is 96.6. The van der Waals surface area contributed by atoms with Gasteiger partial charge in [-0.1, -0.05) is 18.6 Å². The van der Waals surface area contributed by atoms with Crippen molar-refractivity contribution in [3.05, 3.63) is 0 Å². The number of thiol groups is 1. The Kier molecular flexibility index (Phi) is 110. The van der Waals surface area contributed by atoms with E-state index in [1.54, 1.807) is 138 Å². The Bertz CT molecular complexity index is 980. The van der Waals surface area contributed by atoms with Gasteiger partial charge in [0.15, 0.2) is 0 Å². The van der Waals surface area contributed by atoms with Gasteiger partial charge < -0.3 is 4.18 Å². The van der Waals surface area contributed by atoms with E-state index in [-0.39, 0.29) is 0 Å². The van der Waals surface area contributed by atoms with Gasteiger partial charge >= 0.3 is 0 Å². The van der Waals surface area contributed by atoms with Crippen LogP contribution in [0.1, 0.15) is 13.3 Å². The van der Waals surface area contributed by atoms with Gasteiger partial charge in [-0.25, -0.2) is 0 Å². The van der Waals surface area contributed by atoms with Crippen molar-refractivity contribution in [2.45, 2.75) is 13.3 Å². The fourth-order valence-corrected chi connectivity index (χ4v) is 168. The molecule has 0 aromatic carbocycles. The maximum atomic E-state index is 5.56. The van der Waals surface area contributed by atoms with Crippen LogP contribution in [0.2, 0.25) is 0 Å². The summed E-state index contributed by atoms with van der Waals surface area (Å²) < 4.78 is 5.56. The molecule has 1 nitrogen and oxygen atoms in total. The lowest BCUT2D eigenvalue weighted by Gasteiger charge is -2.07. The van der Waals surface area contributed by atoms with Crippen molar-refractivity contribution < 1.29 is 4.18 Å². The van der Waals surface area contributed by atoms with Gasteiger partial charge in [-0.3, -0.25) is 0 Å². The topological polar surface area (TPSA) is 9.23 Å². The second kappa shape index (κ2) is 83.3. The summed E-state index contributed by atoms with van der Waals surface area (Å²) in [5, 5.41) is 0. The molecule has 65 heteroatoms. The normalized spacial score (nSPS) is 12.0. The minimum absolute atomic E-state index is 0.649. The molecule has 0 aliphatic carbocycles. The fourth-order valence-electron chi connectivity index (χ4n) is 0.898. The van der Waals surface area contributed by atoms with Crippen molar-refractivity contribution in [1.29, 1.82) is 0 Å². The first-order chi connectivity index (χ1) is 33.6. The molecule has 0 aliphatic rings. The molecule has 0 unspecified atom stereocenters. The molecule has 0 spiro atoms. The van der Waals surface area contributed by atoms with Crippen LogP contribution in [0.5, 0.6) is 0 Å². The fraction of sp³-hybridized carbons (Fsp3) is 1.00. The van der Waals surface area contributed by atoms with E-state index < -0.39 is 6.46 Å². The Morgan fingerprint density at radius 3 is 0.515 bits per heavy atom. The molecule has 0 aromatic rings. The zero-order chi connectivity index (χ0) is 49.0. The predicted octanol–water partition coefficient (Wildman–Crippen LogP) is 40.1. The molecule has 410 valence electrons. The summed E-state index contributed by atoms with van der Waals surface area (Å²) in [6.07, 6.45) is 0.947. The Hall–Kier alpha value is 22.1. The molecule has 0 fully saturated rings. The third-order valence-corrected chi connectivity index (χ3v) is 140. The van der Waals surface area contributed by atoms with Crippen LogP contribution < -0.4 is 0 Å². The van der Waals surface area contributed by atoms with Crippen LogP contribution in [0.3, 0.4) is 0 Å². The van der Waals surface area contributed by atoms with Crippen molar-refractivity contribution in [3.63, 3.8) is 0 Å². The maximum Gasteiger partial charge on any atom is 0.0820 e. The minimum Gasteiger partial charge on any atom is -0.301 e. The second-order valence-corrected chi connectivity index (χ2v) is 119. The molecule has 0 heterocycles. The van der Waals surface area contributed by atoms with Crippen LogP contribution in [0.15, 0.2) is 0 Å². The van der Waals surface area contributed by atoms with Gasteiger partial charge in [-0.15, -0.1) is 0 Å². The molecule has 68 heavy (non-hydrogen) atoms. The minimum atomic E-state index is -1.83. The Morgan fingerprint density at radius 1 is 0.250 bits per heavy atom. The van der Waals surface area contributed by atoms with Crippen molar-refractivity contribution in [2.75, 3.05) is 6.61 Å². The average molecular weight is 2110 g/mol. The predicted molar refractivity (Wildman–Crippen MR) is 503 cm³/mol. The first kappa shape index (κ1) is 90.1. The van der Waals surface area contributed by atoms with Gasteiger partial charge in [-0.2, -0.15) is 0 Å². The summed E-state index contributed by atoms with van der Waals surface area (Å²) >= 11 is 14.8. The molecule has 0 rings (SSSR count). The molecule has 0 atom stereocenters. The van der Waals surface area contributed by atoms with Crippen LogP contribution in [-0.2, 0) is 33.0 Å². The van der Waals surface area contributed by atoms with E-state index in [0.29, 0.717) is 6.61 Å². The second-order valence-electron chi connectivity index (χ2n) is 5.32. The smallest absolute Gasteiger partial charge is 0.0820 e. The van der Waals surface area contributed by atoms with Crippen LogP contribution in [0.4, 0.5) is 0 Å². The van der Waals surface area contributed by atoms with Crippen LogP contribution in [0, 0.1) is 0 Å². The summed E-state index contributed by atoms with van der Waals surface area (Å²) in [4.78, 5) is 0. The highest BCUT2D eigenvalue weighted by Gasteiger charge is 2.07. The summed E-state index contributed by atoms with van der Waals surface area (Å²) in [7, 11) is 108. The van der Waals surface area contributed by atoms with Crippen LogP contribution >= 0.6 is 601 Å². The Morgan fingerprint density at radius 2 is 0.382 bits per heavy atom. The highest BCUT2D eigenvalue weighted by Crippen LogP contribution is 2.70. The van der Waals surface area contributed by atoms with Gasteiger partial charge in [0.1, 0.15) is 0 Å². The van der Waals surface area contributed by atoms with Crippen molar-refractivity contribution in [2.24, 2.45) is 0 Å². The molecule has 0 aromatic heterocycles. The van der Waals surface area contributed by atoms with E-state index in [9.17, 15) is 0 Å². The summed E-state index contributed by atoms with van der Waals surface area (Å²) in [5.74, 6) is 0. The molecule has 0 aliphatic heterocycles. The maximum absolute atomic E-state index is 5.56. The zero-order valence-electron chi connectivity index (χ0n) is 29.0. The monoisotopic (exact) mass is 2110 g/mol. The van der Waals surface area contributed by atoms with Crippen molar-refractivity contribution in [1.82, 2.24) is 0 Å². The van der Waals surface area contributed by atoms with Crippen LogP contribution in [0.25, 0.3) is 0 Å². The number of hydrogen-bond acceptors (Lipinski definition) is 64. The van der Waals surface area contributed by atoms with Gasteiger partial charge in [0.05, 0.1) is 13.1 Å². The third-order valence-electron chi connectivity index (χ3n) is 2.16. The molecule has 0 bridgehead atoms. The van der Waals surface area contributed by atoms with Gasteiger partial charge in [0.25, 0.3) is 0 Å². The lowest BCUT2D eigenvalue weighted by atomic mass is 10.5. The quantitative estimate of drug-likeness (QED) is 0.0352. The molecule has 0 N–H and O–H groups in total. The standard InChI is InChI=1S/C3H8OS64/c1-2-3-4-68(6,7)67-66-65-64-63-62-61-60-59-58-57-56-55-54-53-52-51-50-49-48-47-46-45-44-43-42-41-40-39-38-37-36-35-34-33-32-31-30-29-28-27-26-25-24-23-22-21-20-19-18-17-16-15-14-13-12-11-10-9-8-5/h5H,2-3H2,1H3. The van der Waals surface area contributed by atoms with E-state index in [1.807, 2.05) is 432 Å². The van der Waals surface area contributed by atoms with E-state index in [2.05, 4.69) is 18.6 Å². The van der Waals surface area contributed by atoms with Crippen molar-refractivity contribution in [3.8, 4) is 0 Å². The van der Waals surface area contributed by atoms with Gasteiger partial charge in [0.2, 0.25) is 0 Å². The SMILES string of the molecule is CCCOS(=S)(=S)SSSSSSSSSSSSSSSSSSSSSSSSSSSSSSSSSSSSSSSSSSSSSSSSSSSSSSSSSSSSS. The Balaban J connectivity index is 3.10. The average Bonchev–Trinajstić information content (AvgIpc) is 3.34. The van der Waals surface area contributed by atoms with E-state index >= 15 is 0 Å². The summed E-state index contributed by atoms with van der Waals surface area (Å²) in [5.41, 5.74) is 0. The van der Waals surface area contributed by atoms with E-state index in [0.717, 1.165) is 6.42 Å². The highest BCUT2D eigenvalue weighted by atomic mass is 34.1. The lowest BCUT2D eigenvalue weighted by molar-refractivity contribution is 0.374. The summed E-state index contributed by atoms with van der Waals surface area (Å²) in [6.45, 7) is 0.888.